The van der Waals surface area contributed by atoms with Crippen LogP contribution in [0.3, 0.4) is 0 Å². The maximum Gasteiger partial charge on any atom is 0.118 e. The number of ether oxygens (including phenoxy) is 3. The first-order valence-electron chi connectivity index (χ1n) is 6.67. The van der Waals surface area contributed by atoms with Crippen LogP contribution in [0, 0.1) is 0 Å². The van der Waals surface area contributed by atoms with Crippen molar-refractivity contribution in [2.75, 3.05) is 20.3 Å². The fraction of sp³-hybridized carbons (Fsp3) is 0.600. The quantitative estimate of drug-likeness (QED) is 0.735. The molecule has 2 N–H and O–H groups in total. The van der Waals surface area contributed by atoms with Gasteiger partial charge in [-0.2, -0.15) is 0 Å². The molecule has 19 heavy (non-hydrogen) atoms. The third-order valence-electron chi connectivity index (χ3n) is 2.92. The van der Waals surface area contributed by atoms with Crippen molar-refractivity contribution in [1.29, 1.82) is 0 Å². The molecule has 0 bridgehead atoms. The van der Waals surface area contributed by atoms with Gasteiger partial charge < -0.3 is 19.9 Å². The van der Waals surface area contributed by atoms with E-state index >= 15 is 0 Å². The first-order valence-corrected chi connectivity index (χ1v) is 6.67. The molecule has 0 spiro atoms. The molecule has 0 aliphatic carbocycles. The lowest BCUT2D eigenvalue weighted by molar-refractivity contribution is -0.0145. The second kappa shape index (κ2) is 8.15. The summed E-state index contributed by atoms with van der Waals surface area (Å²) in [5.74, 6) is 0.829. The third-order valence-corrected chi connectivity index (χ3v) is 2.92. The zero-order valence-corrected chi connectivity index (χ0v) is 12.3. The predicted molar refractivity (Wildman–Crippen MR) is 76.4 cm³/mol. The van der Waals surface area contributed by atoms with Crippen LogP contribution in [0.4, 0.5) is 0 Å². The lowest BCUT2D eigenvalue weighted by atomic mass is 10.0. The Morgan fingerprint density at radius 3 is 2.11 bits per heavy atom. The first-order chi connectivity index (χ1) is 9.04. The molecule has 0 aromatic heterocycles. The van der Waals surface area contributed by atoms with E-state index in [2.05, 4.69) is 0 Å². The number of benzene rings is 1. The highest BCUT2D eigenvalue weighted by molar-refractivity contribution is 5.29. The number of nitrogens with two attached hydrogens (primary N) is 1. The zero-order valence-electron chi connectivity index (χ0n) is 12.3. The number of hydrogen-bond donors (Lipinski definition) is 1. The van der Waals surface area contributed by atoms with Gasteiger partial charge in [0.2, 0.25) is 0 Å². The summed E-state index contributed by atoms with van der Waals surface area (Å²) in [7, 11) is 1.65. The molecular formula is C15H25NO3. The molecule has 1 rings (SSSR count). The maximum absolute atomic E-state index is 6.17. The summed E-state index contributed by atoms with van der Waals surface area (Å²) >= 11 is 0. The molecule has 0 amide bonds. The molecule has 0 aliphatic heterocycles. The van der Waals surface area contributed by atoms with Gasteiger partial charge in [-0.15, -0.1) is 0 Å². The Morgan fingerprint density at radius 2 is 1.58 bits per heavy atom. The molecule has 1 aromatic carbocycles. The molecule has 0 aliphatic rings. The van der Waals surface area contributed by atoms with Crippen molar-refractivity contribution < 1.29 is 14.2 Å². The van der Waals surface area contributed by atoms with E-state index in [0.29, 0.717) is 13.2 Å². The molecular weight excluding hydrogens is 242 g/mol. The summed E-state index contributed by atoms with van der Waals surface area (Å²) in [4.78, 5) is 0. The van der Waals surface area contributed by atoms with Gasteiger partial charge in [0.1, 0.15) is 5.75 Å². The van der Waals surface area contributed by atoms with E-state index in [0.717, 1.165) is 11.3 Å². The minimum atomic E-state index is -0.148. The van der Waals surface area contributed by atoms with Gasteiger partial charge in [0.05, 0.1) is 38.6 Å². The summed E-state index contributed by atoms with van der Waals surface area (Å²) in [5.41, 5.74) is 7.21. The Kier molecular flexibility index (Phi) is 6.84. The Hall–Kier alpha value is -1.10. The predicted octanol–water partition coefficient (Wildman–Crippen LogP) is 2.53. The Morgan fingerprint density at radius 1 is 1.00 bits per heavy atom. The van der Waals surface area contributed by atoms with E-state index in [1.807, 2.05) is 45.0 Å². The monoisotopic (exact) mass is 267 g/mol. The van der Waals surface area contributed by atoms with Gasteiger partial charge in [-0.05, 0) is 38.5 Å². The fourth-order valence-electron chi connectivity index (χ4n) is 1.72. The maximum atomic E-state index is 6.17. The highest BCUT2D eigenvalue weighted by atomic mass is 16.5. The normalized spacial score (nSPS) is 14.4. The lowest BCUT2D eigenvalue weighted by Crippen LogP contribution is -2.27. The van der Waals surface area contributed by atoms with Crippen molar-refractivity contribution in [1.82, 2.24) is 0 Å². The molecule has 0 saturated carbocycles. The molecule has 2 unspecified atom stereocenters. The van der Waals surface area contributed by atoms with E-state index in [4.69, 9.17) is 19.9 Å². The van der Waals surface area contributed by atoms with E-state index in [9.17, 15) is 0 Å². The molecule has 0 saturated heterocycles. The molecule has 4 nitrogen and oxygen atoms in total. The number of rotatable bonds is 8. The summed E-state index contributed by atoms with van der Waals surface area (Å²) in [6.07, 6.45) is 0.179. The largest absolute Gasteiger partial charge is 0.497 e. The molecule has 0 radical (unpaired) electrons. The fourth-order valence-corrected chi connectivity index (χ4v) is 1.72. The van der Waals surface area contributed by atoms with E-state index in [1.165, 1.54) is 0 Å². The van der Waals surface area contributed by atoms with Crippen molar-refractivity contribution in [2.24, 2.45) is 5.73 Å². The molecule has 2 atom stereocenters. The minimum absolute atomic E-state index is 0.0517. The Balaban J connectivity index is 2.40. The van der Waals surface area contributed by atoms with Crippen molar-refractivity contribution in [2.45, 2.75) is 39.0 Å². The van der Waals surface area contributed by atoms with Crippen LogP contribution in [0.5, 0.6) is 5.75 Å². The van der Waals surface area contributed by atoms with Crippen molar-refractivity contribution >= 4 is 0 Å². The van der Waals surface area contributed by atoms with Crippen LogP contribution in [0.25, 0.3) is 0 Å². The summed E-state index contributed by atoms with van der Waals surface area (Å²) in [5, 5.41) is 0. The smallest absolute Gasteiger partial charge is 0.118 e. The van der Waals surface area contributed by atoms with Gasteiger partial charge in [-0.25, -0.2) is 0 Å². The van der Waals surface area contributed by atoms with Crippen LogP contribution in [0.2, 0.25) is 0 Å². The van der Waals surface area contributed by atoms with Gasteiger partial charge in [-0.1, -0.05) is 12.1 Å². The highest BCUT2D eigenvalue weighted by Crippen LogP contribution is 2.19. The average molecular weight is 267 g/mol. The topological polar surface area (TPSA) is 53.7 Å². The molecule has 0 heterocycles. The van der Waals surface area contributed by atoms with E-state index in [1.54, 1.807) is 7.11 Å². The summed E-state index contributed by atoms with van der Waals surface area (Å²) in [6.45, 7) is 7.14. The van der Waals surface area contributed by atoms with Crippen LogP contribution in [0.15, 0.2) is 24.3 Å². The van der Waals surface area contributed by atoms with Crippen LogP contribution in [-0.2, 0) is 9.47 Å². The average Bonchev–Trinajstić information content (AvgIpc) is 2.42. The van der Waals surface area contributed by atoms with Gasteiger partial charge in [0, 0.05) is 0 Å². The van der Waals surface area contributed by atoms with Gasteiger partial charge in [0.25, 0.3) is 0 Å². The van der Waals surface area contributed by atoms with Crippen LogP contribution < -0.4 is 10.5 Å². The number of hydrogen-bond acceptors (Lipinski definition) is 4. The standard InChI is InChI=1S/C15H25NO3/c1-11(2)18-9-10-19-12(3)15(16)13-5-7-14(17-4)8-6-13/h5-8,11-12,15H,9-10,16H2,1-4H3. The SMILES string of the molecule is COc1ccc(C(N)C(C)OCCOC(C)C)cc1. The second-order valence-corrected chi connectivity index (χ2v) is 4.79. The summed E-state index contributed by atoms with van der Waals surface area (Å²) < 4.78 is 16.2. The highest BCUT2D eigenvalue weighted by Gasteiger charge is 2.15. The van der Waals surface area contributed by atoms with Crippen LogP contribution >= 0.6 is 0 Å². The van der Waals surface area contributed by atoms with Gasteiger partial charge in [0.15, 0.2) is 0 Å². The molecule has 0 fully saturated rings. The van der Waals surface area contributed by atoms with Crippen LogP contribution in [-0.4, -0.2) is 32.5 Å². The molecule has 1 aromatic rings. The lowest BCUT2D eigenvalue weighted by Gasteiger charge is -2.21. The van der Waals surface area contributed by atoms with Gasteiger partial charge >= 0.3 is 0 Å². The Labute approximate surface area is 115 Å². The van der Waals surface area contributed by atoms with Crippen molar-refractivity contribution in [3.05, 3.63) is 29.8 Å². The first kappa shape index (κ1) is 16.0. The molecule has 4 heteroatoms. The zero-order chi connectivity index (χ0) is 14.3. The second-order valence-electron chi connectivity index (χ2n) is 4.79. The van der Waals surface area contributed by atoms with Crippen molar-refractivity contribution in [3.8, 4) is 5.75 Å². The molecule has 108 valence electrons. The van der Waals surface area contributed by atoms with Crippen LogP contribution in [0.1, 0.15) is 32.4 Å². The minimum Gasteiger partial charge on any atom is -0.497 e. The number of methoxy groups -OCH3 is 1. The summed E-state index contributed by atoms with van der Waals surface area (Å²) in [6, 6.07) is 7.60. The van der Waals surface area contributed by atoms with E-state index < -0.39 is 0 Å². The van der Waals surface area contributed by atoms with E-state index in [-0.39, 0.29) is 18.2 Å². The Bertz CT molecular complexity index is 351. The van der Waals surface area contributed by atoms with Crippen molar-refractivity contribution in [3.63, 3.8) is 0 Å². The van der Waals surface area contributed by atoms with Gasteiger partial charge in [-0.3, -0.25) is 0 Å². The third kappa shape index (κ3) is 5.59.